The minimum Gasteiger partial charge on any atom is -0.491 e. The molecule has 90 valence electrons. The van der Waals surface area contributed by atoms with Gasteiger partial charge in [0, 0.05) is 6.61 Å². The molecule has 0 atom stereocenters. The van der Waals surface area contributed by atoms with Gasteiger partial charge in [-0.05, 0) is 37.9 Å². The summed E-state index contributed by atoms with van der Waals surface area (Å²) in [5, 5.41) is 0. The van der Waals surface area contributed by atoms with Crippen molar-refractivity contribution in [2.45, 2.75) is 19.3 Å². The summed E-state index contributed by atoms with van der Waals surface area (Å²) in [7, 11) is 0. The third-order valence-corrected chi connectivity index (χ3v) is 2.23. The smallest absolute Gasteiger partial charge is 0.119 e. The molecule has 0 aliphatic carbocycles. The lowest BCUT2D eigenvalue weighted by atomic mass is 10.2. The molecule has 1 rings (SSSR count). The fourth-order valence-corrected chi connectivity index (χ4v) is 1.36. The Labute approximate surface area is 97.6 Å². The van der Waals surface area contributed by atoms with Crippen LogP contribution in [0.2, 0.25) is 0 Å². The zero-order chi connectivity index (χ0) is 11.5. The maximum atomic E-state index is 5.49. The monoisotopic (exact) mass is 223 g/mol. The Bertz CT molecular complexity index is 251. The van der Waals surface area contributed by atoms with E-state index >= 15 is 0 Å². The predicted octanol–water partition coefficient (Wildman–Crippen LogP) is 2.21. The lowest BCUT2D eigenvalue weighted by Gasteiger charge is -2.06. The second kappa shape index (κ2) is 9.19. The lowest BCUT2D eigenvalue weighted by molar-refractivity contribution is 0.0972. The van der Waals surface area contributed by atoms with E-state index in [9.17, 15) is 0 Å². The van der Waals surface area contributed by atoms with Gasteiger partial charge >= 0.3 is 0 Å². The molecule has 0 saturated heterocycles. The maximum Gasteiger partial charge on any atom is 0.119 e. The molecular formula is C13H21NO2. The van der Waals surface area contributed by atoms with Crippen molar-refractivity contribution in [2.24, 2.45) is 5.73 Å². The fraction of sp³-hybridized carbons (Fsp3) is 0.538. The van der Waals surface area contributed by atoms with E-state index in [0.717, 1.165) is 38.2 Å². The molecule has 0 aliphatic rings. The molecule has 0 bridgehead atoms. The summed E-state index contributed by atoms with van der Waals surface area (Å²) in [5.74, 6) is 0.897. The van der Waals surface area contributed by atoms with Crippen LogP contribution in [0.5, 0.6) is 5.75 Å². The van der Waals surface area contributed by atoms with Crippen LogP contribution in [0.4, 0.5) is 0 Å². The average Bonchev–Trinajstić information content (AvgIpc) is 2.34. The predicted molar refractivity (Wildman–Crippen MR) is 65.7 cm³/mol. The molecule has 3 heteroatoms. The van der Waals surface area contributed by atoms with Gasteiger partial charge in [-0.1, -0.05) is 18.2 Å². The third kappa shape index (κ3) is 6.43. The lowest BCUT2D eigenvalue weighted by Crippen LogP contribution is -2.07. The van der Waals surface area contributed by atoms with Crippen molar-refractivity contribution >= 4 is 0 Å². The van der Waals surface area contributed by atoms with Gasteiger partial charge in [0.15, 0.2) is 0 Å². The Morgan fingerprint density at radius 2 is 1.69 bits per heavy atom. The van der Waals surface area contributed by atoms with E-state index in [4.69, 9.17) is 15.2 Å². The van der Waals surface area contributed by atoms with Crippen molar-refractivity contribution in [3.63, 3.8) is 0 Å². The molecule has 0 saturated carbocycles. The van der Waals surface area contributed by atoms with E-state index in [1.54, 1.807) is 0 Å². The molecule has 1 aromatic carbocycles. The first-order chi connectivity index (χ1) is 7.93. The Kier molecular flexibility index (Phi) is 7.47. The Morgan fingerprint density at radius 3 is 2.44 bits per heavy atom. The van der Waals surface area contributed by atoms with Gasteiger partial charge in [0.05, 0.1) is 6.61 Å². The number of rotatable bonds is 9. The topological polar surface area (TPSA) is 44.5 Å². The van der Waals surface area contributed by atoms with Crippen molar-refractivity contribution < 1.29 is 9.47 Å². The Hall–Kier alpha value is -1.06. The molecule has 16 heavy (non-hydrogen) atoms. The van der Waals surface area contributed by atoms with E-state index in [1.165, 1.54) is 0 Å². The van der Waals surface area contributed by atoms with Crippen molar-refractivity contribution in [1.82, 2.24) is 0 Å². The van der Waals surface area contributed by atoms with E-state index in [2.05, 4.69) is 0 Å². The van der Waals surface area contributed by atoms with E-state index < -0.39 is 0 Å². The highest BCUT2D eigenvalue weighted by atomic mass is 16.5. The first kappa shape index (κ1) is 13.0. The second-order valence-corrected chi connectivity index (χ2v) is 3.62. The Balaban J connectivity index is 1.89. The second-order valence-electron chi connectivity index (χ2n) is 3.62. The molecule has 2 N–H and O–H groups in total. The van der Waals surface area contributed by atoms with Crippen LogP contribution < -0.4 is 10.5 Å². The summed E-state index contributed by atoms with van der Waals surface area (Å²) >= 11 is 0. The van der Waals surface area contributed by atoms with E-state index in [-0.39, 0.29) is 0 Å². The van der Waals surface area contributed by atoms with Gasteiger partial charge in [0.1, 0.15) is 12.4 Å². The maximum absolute atomic E-state index is 5.49. The van der Waals surface area contributed by atoms with Crippen molar-refractivity contribution in [2.75, 3.05) is 26.4 Å². The van der Waals surface area contributed by atoms with Crippen molar-refractivity contribution in [1.29, 1.82) is 0 Å². The first-order valence-electron chi connectivity index (χ1n) is 5.89. The van der Waals surface area contributed by atoms with E-state index in [1.807, 2.05) is 30.3 Å². The third-order valence-electron chi connectivity index (χ3n) is 2.23. The van der Waals surface area contributed by atoms with Gasteiger partial charge in [-0.2, -0.15) is 0 Å². The minimum atomic E-state index is 0.612. The largest absolute Gasteiger partial charge is 0.491 e. The van der Waals surface area contributed by atoms with Crippen LogP contribution in [-0.2, 0) is 4.74 Å². The van der Waals surface area contributed by atoms with Crippen LogP contribution in [0.25, 0.3) is 0 Å². The molecule has 0 aromatic heterocycles. The van der Waals surface area contributed by atoms with Crippen molar-refractivity contribution in [3.8, 4) is 5.75 Å². The highest BCUT2D eigenvalue weighted by Gasteiger charge is 1.92. The number of hydrogen-bond donors (Lipinski definition) is 1. The van der Waals surface area contributed by atoms with Gasteiger partial charge < -0.3 is 15.2 Å². The molecule has 0 spiro atoms. The zero-order valence-corrected chi connectivity index (χ0v) is 9.73. The summed E-state index contributed by atoms with van der Waals surface area (Å²) in [6.07, 6.45) is 3.32. The van der Waals surface area contributed by atoms with Gasteiger partial charge in [-0.25, -0.2) is 0 Å². The highest BCUT2D eigenvalue weighted by molar-refractivity contribution is 5.20. The summed E-state index contributed by atoms with van der Waals surface area (Å²) < 4.78 is 10.9. The minimum absolute atomic E-state index is 0.612. The molecule has 0 heterocycles. The molecule has 0 fully saturated rings. The fourth-order valence-electron chi connectivity index (χ4n) is 1.36. The average molecular weight is 223 g/mol. The summed E-state index contributed by atoms with van der Waals surface area (Å²) in [5.41, 5.74) is 5.39. The summed E-state index contributed by atoms with van der Waals surface area (Å²) in [4.78, 5) is 0. The molecule has 0 radical (unpaired) electrons. The van der Waals surface area contributed by atoms with E-state index in [0.29, 0.717) is 13.2 Å². The number of para-hydroxylation sites is 1. The normalized spacial score (nSPS) is 10.3. The number of hydrogen-bond acceptors (Lipinski definition) is 3. The number of unbranched alkanes of at least 4 members (excludes halogenated alkanes) is 2. The summed E-state index contributed by atoms with van der Waals surface area (Å²) in [6.45, 7) is 2.84. The van der Waals surface area contributed by atoms with Gasteiger partial charge in [-0.15, -0.1) is 0 Å². The summed E-state index contributed by atoms with van der Waals surface area (Å²) in [6, 6.07) is 9.79. The number of nitrogens with two attached hydrogens (primary N) is 1. The molecular weight excluding hydrogens is 202 g/mol. The molecule has 0 aliphatic heterocycles. The highest BCUT2D eigenvalue weighted by Crippen LogP contribution is 2.07. The van der Waals surface area contributed by atoms with Crippen LogP contribution in [0.1, 0.15) is 19.3 Å². The first-order valence-corrected chi connectivity index (χ1v) is 5.89. The van der Waals surface area contributed by atoms with Crippen LogP contribution in [-0.4, -0.2) is 26.4 Å². The number of benzene rings is 1. The molecule has 3 nitrogen and oxygen atoms in total. The Morgan fingerprint density at radius 1 is 0.875 bits per heavy atom. The number of ether oxygens (including phenoxy) is 2. The SMILES string of the molecule is NCCCCCOCCOc1ccccc1. The van der Waals surface area contributed by atoms with Crippen molar-refractivity contribution in [3.05, 3.63) is 30.3 Å². The van der Waals surface area contributed by atoms with Crippen LogP contribution in [0, 0.1) is 0 Å². The van der Waals surface area contributed by atoms with Gasteiger partial charge in [0.25, 0.3) is 0 Å². The van der Waals surface area contributed by atoms with Crippen LogP contribution in [0.3, 0.4) is 0 Å². The van der Waals surface area contributed by atoms with Crippen LogP contribution >= 0.6 is 0 Å². The molecule has 0 amide bonds. The quantitative estimate of drug-likeness (QED) is 0.653. The molecule has 1 aromatic rings. The van der Waals surface area contributed by atoms with Crippen LogP contribution in [0.15, 0.2) is 30.3 Å². The van der Waals surface area contributed by atoms with Gasteiger partial charge in [0.2, 0.25) is 0 Å². The zero-order valence-electron chi connectivity index (χ0n) is 9.73. The molecule has 0 unspecified atom stereocenters. The standard InChI is InChI=1S/C13H21NO2/c14-9-5-2-6-10-15-11-12-16-13-7-3-1-4-8-13/h1,3-4,7-8H,2,5-6,9-12,14H2. The van der Waals surface area contributed by atoms with Gasteiger partial charge in [-0.3, -0.25) is 0 Å².